The normalized spacial score (nSPS) is 24.3. The Balaban J connectivity index is 2.04. The highest BCUT2D eigenvalue weighted by Gasteiger charge is 2.17. The average Bonchev–Trinajstić information content (AvgIpc) is 2.35. The number of nitrogens with two attached hydrogens (primary N) is 1. The smallest absolute Gasteiger partial charge is 0.216 e. The van der Waals surface area contributed by atoms with E-state index in [-0.39, 0.29) is 5.91 Å². The standard InChI is InChI=1S/C8H17N3O/c1-7(12)10-3-5-11-4-2-8(9)6-11/h8H,2-6,9H2,1H3,(H,10,12)/t8-/m1/s1. The summed E-state index contributed by atoms with van der Waals surface area (Å²) in [7, 11) is 0. The Kier molecular flexibility index (Phi) is 3.49. The van der Waals surface area contributed by atoms with Gasteiger partial charge in [0.1, 0.15) is 0 Å². The predicted octanol–water partition coefficient (Wildman–Crippen LogP) is -0.844. The van der Waals surface area contributed by atoms with Crippen LogP contribution in [0.1, 0.15) is 13.3 Å². The van der Waals surface area contributed by atoms with E-state index in [9.17, 15) is 4.79 Å². The van der Waals surface area contributed by atoms with Crippen LogP contribution in [-0.4, -0.2) is 43.0 Å². The van der Waals surface area contributed by atoms with Crippen LogP contribution in [0.2, 0.25) is 0 Å². The van der Waals surface area contributed by atoms with E-state index in [4.69, 9.17) is 5.73 Å². The van der Waals surface area contributed by atoms with E-state index < -0.39 is 0 Å². The molecule has 0 aromatic heterocycles. The third-order valence-corrected chi connectivity index (χ3v) is 2.11. The molecule has 70 valence electrons. The van der Waals surface area contributed by atoms with E-state index in [0.29, 0.717) is 6.04 Å². The molecule has 0 aromatic rings. The molecule has 0 unspecified atom stereocenters. The van der Waals surface area contributed by atoms with Crippen LogP contribution in [0.3, 0.4) is 0 Å². The zero-order chi connectivity index (χ0) is 8.97. The molecule has 0 aromatic carbocycles. The number of carbonyl (C=O) groups is 1. The van der Waals surface area contributed by atoms with Gasteiger partial charge < -0.3 is 11.1 Å². The van der Waals surface area contributed by atoms with E-state index in [1.54, 1.807) is 0 Å². The summed E-state index contributed by atoms with van der Waals surface area (Å²) in [4.78, 5) is 12.8. The molecule has 1 rings (SSSR count). The Hall–Kier alpha value is -0.610. The van der Waals surface area contributed by atoms with Gasteiger partial charge in [0.25, 0.3) is 0 Å². The molecule has 1 aliphatic heterocycles. The van der Waals surface area contributed by atoms with Gasteiger partial charge >= 0.3 is 0 Å². The quantitative estimate of drug-likeness (QED) is 0.582. The van der Waals surface area contributed by atoms with Gasteiger partial charge in [0.05, 0.1) is 0 Å². The van der Waals surface area contributed by atoms with Crippen molar-refractivity contribution >= 4 is 5.91 Å². The zero-order valence-electron chi connectivity index (χ0n) is 7.55. The van der Waals surface area contributed by atoms with Gasteiger partial charge in [-0.05, 0) is 13.0 Å². The molecule has 0 bridgehead atoms. The maximum Gasteiger partial charge on any atom is 0.216 e. The highest BCUT2D eigenvalue weighted by atomic mass is 16.1. The second-order valence-corrected chi connectivity index (χ2v) is 3.33. The number of rotatable bonds is 3. The van der Waals surface area contributed by atoms with Crippen molar-refractivity contribution in [3.05, 3.63) is 0 Å². The number of nitrogens with zero attached hydrogens (tertiary/aromatic N) is 1. The van der Waals surface area contributed by atoms with Crippen LogP contribution in [0.5, 0.6) is 0 Å². The lowest BCUT2D eigenvalue weighted by Crippen LogP contribution is -2.34. The molecule has 1 heterocycles. The first-order chi connectivity index (χ1) is 5.68. The third kappa shape index (κ3) is 3.19. The minimum atomic E-state index is 0.0403. The van der Waals surface area contributed by atoms with Gasteiger partial charge in [-0.2, -0.15) is 0 Å². The number of amides is 1. The maximum atomic E-state index is 10.5. The number of hydrogen-bond acceptors (Lipinski definition) is 3. The van der Waals surface area contributed by atoms with Crippen LogP contribution in [-0.2, 0) is 4.79 Å². The van der Waals surface area contributed by atoms with Gasteiger partial charge in [0, 0.05) is 32.6 Å². The maximum absolute atomic E-state index is 10.5. The Morgan fingerprint density at radius 3 is 3.00 bits per heavy atom. The van der Waals surface area contributed by atoms with Crippen LogP contribution in [0.15, 0.2) is 0 Å². The summed E-state index contributed by atoms with van der Waals surface area (Å²) in [5, 5.41) is 2.77. The minimum Gasteiger partial charge on any atom is -0.355 e. The molecule has 1 amide bonds. The molecule has 1 atom stereocenters. The van der Waals surface area contributed by atoms with Gasteiger partial charge in [-0.1, -0.05) is 0 Å². The molecule has 0 saturated carbocycles. The molecular formula is C8H17N3O. The summed E-state index contributed by atoms with van der Waals surface area (Å²) < 4.78 is 0. The Labute approximate surface area is 73.1 Å². The number of nitrogens with one attached hydrogen (secondary N) is 1. The molecule has 12 heavy (non-hydrogen) atoms. The van der Waals surface area contributed by atoms with Gasteiger partial charge in [0.2, 0.25) is 5.91 Å². The second-order valence-electron chi connectivity index (χ2n) is 3.33. The van der Waals surface area contributed by atoms with Crippen LogP contribution in [0, 0.1) is 0 Å². The largest absolute Gasteiger partial charge is 0.355 e. The van der Waals surface area contributed by atoms with Crippen molar-refractivity contribution in [2.24, 2.45) is 5.73 Å². The molecule has 0 aliphatic carbocycles. The SMILES string of the molecule is CC(=O)NCCN1CC[C@@H](N)C1. The molecule has 1 fully saturated rings. The summed E-state index contributed by atoms with van der Waals surface area (Å²) in [6.45, 7) is 5.24. The number of likely N-dealkylation sites (tertiary alicyclic amines) is 1. The molecule has 3 N–H and O–H groups in total. The fourth-order valence-electron chi connectivity index (χ4n) is 1.46. The zero-order valence-corrected chi connectivity index (χ0v) is 7.55. The van der Waals surface area contributed by atoms with Crippen LogP contribution >= 0.6 is 0 Å². The van der Waals surface area contributed by atoms with Crippen molar-refractivity contribution in [2.75, 3.05) is 26.2 Å². The fraction of sp³-hybridized carbons (Fsp3) is 0.875. The molecule has 4 nitrogen and oxygen atoms in total. The van der Waals surface area contributed by atoms with Crippen molar-refractivity contribution < 1.29 is 4.79 Å². The van der Waals surface area contributed by atoms with Crippen molar-refractivity contribution in [1.82, 2.24) is 10.2 Å². The van der Waals surface area contributed by atoms with Gasteiger partial charge in [0.15, 0.2) is 0 Å². The van der Waals surface area contributed by atoms with Crippen molar-refractivity contribution in [1.29, 1.82) is 0 Å². The molecule has 4 heteroatoms. The van der Waals surface area contributed by atoms with Gasteiger partial charge in [-0.15, -0.1) is 0 Å². The summed E-state index contributed by atoms with van der Waals surface area (Å²) in [5.41, 5.74) is 5.73. The lowest BCUT2D eigenvalue weighted by Gasteiger charge is -2.14. The fourth-order valence-corrected chi connectivity index (χ4v) is 1.46. The Morgan fingerprint density at radius 2 is 2.50 bits per heavy atom. The van der Waals surface area contributed by atoms with Gasteiger partial charge in [-0.3, -0.25) is 9.69 Å². The summed E-state index contributed by atoms with van der Waals surface area (Å²) in [5.74, 6) is 0.0403. The molecular weight excluding hydrogens is 154 g/mol. The Morgan fingerprint density at radius 1 is 1.75 bits per heavy atom. The topological polar surface area (TPSA) is 58.4 Å². The highest BCUT2D eigenvalue weighted by Crippen LogP contribution is 2.04. The molecule has 0 radical (unpaired) electrons. The van der Waals surface area contributed by atoms with Gasteiger partial charge in [-0.25, -0.2) is 0 Å². The number of carbonyl (C=O) groups excluding carboxylic acids is 1. The molecule has 1 saturated heterocycles. The van der Waals surface area contributed by atoms with Crippen LogP contribution in [0.4, 0.5) is 0 Å². The van der Waals surface area contributed by atoms with E-state index >= 15 is 0 Å². The van der Waals surface area contributed by atoms with Crippen LogP contribution < -0.4 is 11.1 Å². The third-order valence-electron chi connectivity index (χ3n) is 2.11. The first-order valence-electron chi connectivity index (χ1n) is 4.41. The lowest BCUT2D eigenvalue weighted by molar-refractivity contribution is -0.119. The van der Waals surface area contributed by atoms with Crippen molar-refractivity contribution in [3.8, 4) is 0 Å². The molecule has 0 spiro atoms. The second kappa shape index (κ2) is 4.42. The minimum absolute atomic E-state index is 0.0403. The van der Waals surface area contributed by atoms with Crippen molar-refractivity contribution in [2.45, 2.75) is 19.4 Å². The predicted molar refractivity (Wildman–Crippen MR) is 47.7 cm³/mol. The van der Waals surface area contributed by atoms with E-state index in [1.807, 2.05) is 0 Å². The van der Waals surface area contributed by atoms with Crippen LogP contribution in [0.25, 0.3) is 0 Å². The summed E-state index contributed by atoms with van der Waals surface area (Å²) in [6, 6.07) is 0.335. The molecule has 1 aliphatic rings. The van der Waals surface area contributed by atoms with E-state index in [1.165, 1.54) is 6.92 Å². The summed E-state index contributed by atoms with van der Waals surface area (Å²) in [6.07, 6.45) is 1.08. The first kappa shape index (κ1) is 9.48. The monoisotopic (exact) mass is 171 g/mol. The Bertz CT molecular complexity index is 160. The van der Waals surface area contributed by atoms with E-state index in [2.05, 4.69) is 10.2 Å². The van der Waals surface area contributed by atoms with E-state index in [0.717, 1.165) is 32.6 Å². The first-order valence-corrected chi connectivity index (χ1v) is 4.41. The van der Waals surface area contributed by atoms with Crippen molar-refractivity contribution in [3.63, 3.8) is 0 Å². The average molecular weight is 171 g/mol. The highest BCUT2D eigenvalue weighted by molar-refractivity contribution is 5.72. The lowest BCUT2D eigenvalue weighted by atomic mass is 10.3. The number of hydrogen-bond donors (Lipinski definition) is 2. The summed E-state index contributed by atoms with van der Waals surface area (Å²) >= 11 is 0.